The summed E-state index contributed by atoms with van der Waals surface area (Å²) in [5.41, 5.74) is 4.22. The fourth-order valence-electron chi connectivity index (χ4n) is 4.83. The van der Waals surface area contributed by atoms with Gasteiger partial charge < -0.3 is 15.1 Å². The Hall–Kier alpha value is -4.61. The first-order valence-corrected chi connectivity index (χ1v) is 13.3. The molecule has 43 heavy (non-hydrogen) atoms. The van der Waals surface area contributed by atoms with Crippen LogP contribution >= 0.6 is 0 Å². The molecule has 1 aliphatic heterocycles. The van der Waals surface area contributed by atoms with Crippen molar-refractivity contribution in [2.75, 3.05) is 18.8 Å². The molecule has 0 atom stereocenters. The Morgan fingerprint density at radius 1 is 1.05 bits per heavy atom. The number of nitrogens with zero attached hydrogens (tertiary/aromatic N) is 2. The number of nitrogens with two attached hydrogens (primary N) is 1. The number of furan rings is 1. The lowest BCUT2D eigenvalue weighted by molar-refractivity contribution is -0.136. The van der Waals surface area contributed by atoms with E-state index in [1.807, 2.05) is 0 Å². The Kier molecular flexibility index (Phi) is 8.04. The molecule has 0 unspecified atom stereocenters. The monoisotopic (exact) mass is 601 g/mol. The highest BCUT2D eigenvalue weighted by Gasteiger charge is 2.37. The maximum atomic E-state index is 15.2. The number of hydrogen-bond donors (Lipinski definition) is 1. The number of nitrogen functional groups attached to an aromatic ring is 1. The minimum atomic E-state index is -4.84. The van der Waals surface area contributed by atoms with Crippen LogP contribution in [0.5, 0.6) is 0 Å². The van der Waals surface area contributed by atoms with Gasteiger partial charge in [0.1, 0.15) is 23.0 Å². The lowest BCUT2D eigenvalue weighted by Gasteiger charge is -2.31. The van der Waals surface area contributed by atoms with Crippen LogP contribution in [-0.4, -0.2) is 40.6 Å². The van der Waals surface area contributed by atoms with Crippen molar-refractivity contribution < 1.29 is 40.3 Å². The first-order chi connectivity index (χ1) is 20.3. The highest BCUT2D eigenvalue weighted by Crippen LogP contribution is 2.40. The van der Waals surface area contributed by atoms with Crippen molar-refractivity contribution in [3.05, 3.63) is 89.1 Å². The number of carbonyl (C=O) groups is 2. The molecule has 12 heteroatoms. The number of rotatable bonds is 7. The van der Waals surface area contributed by atoms with Gasteiger partial charge in [0, 0.05) is 61.5 Å². The van der Waals surface area contributed by atoms with E-state index in [1.165, 1.54) is 41.4 Å². The van der Waals surface area contributed by atoms with E-state index in [4.69, 9.17) is 10.2 Å². The van der Waals surface area contributed by atoms with Crippen LogP contribution in [-0.2, 0) is 17.4 Å². The molecule has 2 aromatic heterocycles. The largest absolute Gasteiger partial charge is 0.460 e. The predicted molar refractivity (Wildman–Crippen MR) is 148 cm³/mol. The van der Waals surface area contributed by atoms with E-state index in [0.29, 0.717) is 11.4 Å². The number of hydrogen-bond acceptors (Lipinski definition) is 5. The number of carbonyl (C=O) groups excluding carboxylic acids is 2. The molecule has 6 nitrogen and oxygen atoms in total. The van der Waals surface area contributed by atoms with Gasteiger partial charge in [-0.2, -0.15) is 13.2 Å². The zero-order chi connectivity index (χ0) is 30.9. The van der Waals surface area contributed by atoms with E-state index < -0.39 is 47.8 Å². The summed E-state index contributed by atoms with van der Waals surface area (Å²) in [4.78, 5) is 30.2. The Bertz CT molecular complexity index is 1700. The summed E-state index contributed by atoms with van der Waals surface area (Å²) < 4.78 is 89.6. The van der Waals surface area contributed by atoms with Crippen LogP contribution in [0.25, 0.3) is 28.2 Å². The second-order valence-electron chi connectivity index (χ2n) is 10.3. The topological polar surface area (TPSA) is 89.4 Å². The highest BCUT2D eigenvalue weighted by atomic mass is 19.4. The third-order valence-electron chi connectivity index (χ3n) is 7.17. The number of aryl methyl sites for hydroxylation is 1. The van der Waals surface area contributed by atoms with Crippen LogP contribution in [0.1, 0.15) is 46.5 Å². The van der Waals surface area contributed by atoms with Gasteiger partial charge in [0.15, 0.2) is 5.78 Å². The lowest BCUT2D eigenvalue weighted by atomic mass is 9.98. The average molecular weight is 602 g/mol. The quantitative estimate of drug-likeness (QED) is 0.177. The van der Waals surface area contributed by atoms with E-state index >= 15 is 4.39 Å². The smallest absolute Gasteiger partial charge is 0.420 e. The zero-order valence-corrected chi connectivity index (χ0v) is 22.6. The number of likely N-dealkylation sites (tertiary alicyclic amines) is 1. The highest BCUT2D eigenvalue weighted by molar-refractivity contribution is 5.95. The predicted octanol–water partition coefficient (Wildman–Crippen LogP) is 7.32. The van der Waals surface area contributed by atoms with Crippen LogP contribution in [0.2, 0.25) is 0 Å². The number of piperidine rings is 1. The molecule has 224 valence electrons. The molecule has 2 N–H and O–H groups in total. The first kappa shape index (κ1) is 29.9. The third kappa shape index (κ3) is 6.90. The van der Waals surface area contributed by atoms with Crippen molar-refractivity contribution in [2.24, 2.45) is 0 Å². The number of ketones is 1. The van der Waals surface area contributed by atoms with Crippen LogP contribution in [0, 0.1) is 5.82 Å². The molecule has 2 aromatic carbocycles. The normalized spacial score (nSPS) is 15.3. The average Bonchev–Trinajstić information content (AvgIpc) is 3.37. The molecule has 0 bridgehead atoms. The Morgan fingerprint density at radius 3 is 2.44 bits per heavy atom. The molecule has 1 saturated heterocycles. The van der Waals surface area contributed by atoms with Crippen molar-refractivity contribution >= 4 is 34.6 Å². The summed E-state index contributed by atoms with van der Waals surface area (Å²) in [6.07, 6.45) is -1.49. The van der Waals surface area contributed by atoms with E-state index in [2.05, 4.69) is 4.98 Å². The van der Waals surface area contributed by atoms with Crippen LogP contribution in [0.4, 0.5) is 32.2 Å². The number of fused-ring (bicyclic) bond motifs is 1. The summed E-state index contributed by atoms with van der Waals surface area (Å²) in [5.74, 6) is -4.27. The molecule has 4 aromatic rings. The van der Waals surface area contributed by atoms with E-state index in [0.717, 1.165) is 12.1 Å². The molecule has 1 amide bonds. The van der Waals surface area contributed by atoms with Crippen molar-refractivity contribution in [1.82, 2.24) is 9.88 Å². The second kappa shape index (κ2) is 11.6. The fourth-order valence-corrected chi connectivity index (χ4v) is 4.83. The van der Waals surface area contributed by atoms with E-state index in [1.54, 1.807) is 18.2 Å². The Balaban J connectivity index is 1.36. The van der Waals surface area contributed by atoms with Gasteiger partial charge in [-0.15, -0.1) is 0 Å². The van der Waals surface area contributed by atoms with Gasteiger partial charge in [0.05, 0.1) is 5.56 Å². The number of benzene rings is 2. The van der Waals surface area contributed by atoms with Gasteiger partial charge in [-0.3, -0.25) is 9.59 Å². The molecule has 0 aliphatic carbocycles. The summed E-state index contributed by atoms with van der Waals surface area (Å²) in [6, 6.07) is 10.0. The summed E-state index contributed by atoms with van der Waals surface area (Å²) >= 11 is 0. The minimum Gasteiger partial charge on any atom is -0.460 e. The SMILES string of the molecule is Nc1ccc(/C=C/C(=O)CCc2cc3cc(-c4ccc(C(=O)N5CCC(F)(F)CC5)cc4F)cc(C(F)(F)F)c3o2)cn1. The standard InChI is InChI=1S/C31H25F6N3O3/c32-26-16-19(29(42)40-11-9-30(33,34)10-12-40)3-7-24(26)20-13-21-14-23(43-28(21)25(15-20)31(35,36)37)6-5-22(41)4-1-18-2-8-27(38)39-17-18/h1-4,7-8,13-17H,5-6,9-12H2,(H2,38,39)/b4-1+. The molecular weight excluding hydrogens is 576 g/mol. The number of amides is 1. The molecule has 0 spiro atoms. The second-order valence-corrected chi connectivity index (χ2v) is 10.3. The van der Waals surface area contributed by atoms with Gasteiger partial charge in [-0.1, -0.05) is 6.07 Å². The molecule has 5 rings (SSSR count). The van der Waals surface area contributed by atoms with Crippen molar-refractivity contribution in [3.63, 3.8) is 0 Å². The number of allylic oxidation sites excluding steroid dienone is 1. The van der Waals surface area contributed by atoms with Crippen molar-refractivity contribution in [2.45, 2.75) is 37.8 Å². The van der Waals surface area contributed by atoms with Crippen molar-refractivity contribution in [1.29, 1.82) is 0 Å². The molecular formula is C31H25F6N3O3. The molecule has 1 aliphatic rings. The van der Waals surface area contributed by atoms with Gasteiger partial charge in [-0.25, -0.2) is 18.2 Å². The Morgan fingerprint density at radius 2 is 1.79 bits per heavy atom. The van der Waals surface area contributed by atoms with E-state index in [-0.39, 0.29) is 59.6 Å². The van der Waals surface area contributed by atoms with Crippen LogP contribution in [0.15, 0.2) is 65.2 Å². The van der Waals surface area contributed by atoms with Gasteiger partial charge >= 0.3 is 6.18 Å². The maximum Gasteiger partial charge on any atom is 0.420 e. The fraction of sp³-hybridized carbons (Fsp3) is 0.258. The molecule has 1 fully saturated rings. The third-order valence-corrected chi connectivity index (χ3v) is 7.17. The number of anilines is 1. The van der Waals surface area contributed by atoms with Crippen LogP contribution < -0.4 is 5.73 Å². The Labute approximate surface area is 241 Å². The molecule has 0 saturated carbocycles. The summed E-state index contributed by atoms with van der Waals surface area (Å²) in [5, 5.41) is 0.0598. The van der Waals surface area contributed by atoms with Gasteiger partial charge in [-0.05, 0) is 65.7 Å². The molecule has 3 heterocycles. The number of alkyl halides is 5. The summed E-state index contributed by atoms with van der Waals surface area (Å²) in [6.45, 7) is -0.378. The number of pyridine rings is 1. The van der Waals surface area contributed by atoms with Gasteiger partial charge in [0.25, 0.3) is 11.8 Å². The van der Waals surface area contributed by atoms with E-state index in [9.17, 15) is 31.5 Å². The summed E-state index contributed by atoms with van der Waals surface area (Å²) in [7, 11) is 0. The van der Waals surface area contributed by atoms with Gasteiger partial charge in [0.2, 0.25) is 0 Å². The maximum absolute atomic E-state index is 15.2. The van der Waals surface area contributed by atoms with Crippen LogP contribution in [0.3, 0.4) is 0 Å². The lowest BCUT2D eigenvalue weighted by Crippen LogP contribution is -2.42. The zero-order valence-electron chi connectivity index (χ0n) is 22.6. The molecule has 0 radical (unpaired) electrons. The number of aromatic nitrogens is 1. The first-order valence-electron chi connectivity index (χ1n) is 13.3. The number of halogens is 6. The van der Waals surface area contributed by atoms with Crippen molar-refractivity contribution in [3.8, 4) is 11.1 Å². The minimum absolute atomic E-state index is 0.0259.